The van der Waals surface area contributed by atoms with Crippen molar-refractivity contribution in [2.75, 3.05) is 0 Å². The smallest absolute Gasteiger partial charge is 0.276 e. The highest BCUT2D eigenvalue weighted by molar-refractivity contribution is 14.1. The highest BCUT2D eigenvalue weighted by Gasteiger charge is 2.14. The summed E-state index contributed by atoms with van der Waals surface area (Å²) in [6, 6.07) is 22.9. The number of halogens is 1. The summed E-state index contributed by atoms with van der Waals surface area (Å²) in [5, 5.41) is 5.87. The molecule has 3 aromatic carbocycles. The summed E-state index contributed by atoms with van der Waals surface area (Å²) < 4.78 is 28.6. The first-order valence-electron chi connectivity index (χ1n) is 9.34. The molecule has 0 unspecified atom stereocenters. The molecule has 1 heterocycles. The van der Waals surface area contributed by atoms with E-state index in [9.17, 15) is 8.42 Å². The van der Waals surface area contributed by atoms with Crippen molar-refractivity contribution in [3.63, 3.8) is 0 Å². The van der Waals surface area contributed by atoms with Gasteiger partial charge in [-0.05, 0) is 89.7 Å². The predicted octanol–water partition coefficient (Wildman–Crippen LogP) is 5.16. The zero-order valence-corrected chi connectivity index (χ0v) is 19.5. The van der Waals surface area contributed by atoms with Crippen LogP contribution in [0.3, 0.4) is 0 Å². The average Bonchev–Trinajstić information content (AvgIpc) is 3.01. The largest absolute Gasteiger partial charge is 0.318 e. The van der Waals surface area contributed by atoms with Gasteiger partial charge in [-0.15, -0.1) is 0 Å². The van der Waals surface area contributed by atoms with Gasteiger partial charge in [0.2, 0.25) is 0 Å². The van der Waals surface area contributed by atoms with E-state index in [2.05, 4.69) is 61.4 Å². The van der Waals surface area contributed by atoms with Crippen LogP contribution in [0, 0.1) is 17.4 Å². The lowest BCUT2D eigenvalue weighted by molar-refractivity contribution is 0.585. The molecule has 4 rings (SSSR count). The normalized spacial score (nSPS) is 12.0. The van der Waals surface area contributed by atoms with E-state index < -0.39 is 10.0 Å². The SMILES string of the molecule is Cc1cc(/C=N\NS(=O)(=O)c2ccc3ccccc3c2)c(C)n1-c1ccc(I)cc1. The first-order valence-corrected chi connectivity index (χ1v) is 11.9. The maximum absolute atomic E-state index is 12.6. The van der Waals surface area contributed by atoms with Crippen molar-refractivity contribution < 1.29 is 8.42 Å². The van der Waals surface area contributed by atoms with Gasteiger partial charge in [0.25, 0.3) is 10.0 Å². The fourth-order valence-electron chi connectivity index (χ4n) is 3.46. The molecule has 0 aliphatic heterocycles. The third-order valence-electron chi connectivity index (χ3n) is 4.96. The molecule has 1 N–H and O–H groups in total. The van der Waals surface area contributed by atoms with Crippen LogP contribution in [0.4, 0.5) is 0 Å². The van der Waals surface area contributed by atoms with Gasteiger partial charge in [0, 0.05) is 26.2 Å². The van der Waals surface area contributed by atoms with E-state index >= 15 is 0 Å². The van der Waals surface area contributed by atoms with Crippen molar-refractivity contribution in [2.24, 2.45) is 5.10 Å². The number of sulfonamides is 1. The average molecular weight is 529 g/mol. The van der Waals surface area contributed by atoms with Gasteiger partial charge in [-0.1, -0.05) is 30.3 Å². The summed E-state index contributed by atoms with van der Waals surface area (Å²) in [6.45, 7) is 4.01. The number of aromatic nitrogens is 1. The van der Waals surface area contributed by atoms with Gasteiger partial charge >= 0.3 is 0 Å². The Kier molecular flexibility index (Phi) is 5.66. The Balaban J connectivity index is 1.58. The second kappa shape index (κ2) is 8.23. The predicted molar refractivity (Wildman–Crippen MR) is 130 cm³/mol. The Labute approximate surface area is 189 Å². The molecule has 1 aromatic heterocycles. The lowest BCUT2D eigenvalue weighted by Crippen LogP contribution is -2.18. The quantitative estimate of drug-likeness (QED) is 0.221. The monoisotopic (exact) mass is 529 g/mol. The van der Waals surface area contributed by atoms with Crippen LogP contribution in [0.25, 0.3) is 16.5 Å². The van der Waals surface area contributed by atoms with Gasteiger partial charge in [-0.25, -0.2) is 4.83 Å². The Morgan fingerprint density at radius 2 is 1.63 bits per heavy atom. The highest BCUT2D eigenvalue weighted by atomic mass is 127. The zero-order chi connectivity index (χ0) is 21.3. The number of rotatable bonds is 5. The van der Waals surface area contributed by atoms with Gasteiger partial charge in [0.1, 0.15) is 0 Å². The van der Waals surface area contributed by atoms with E-state index in [0.717, 1.165) is 33.4 Å². The molecule has 0 amide bonds. The van der Waals surface area contributed by atoms with Crippen LogP contribution < -0.4 is 4.83 Å². The number of aryl methyl sites for hydroxylation is 1. The Morgan fingerprint density at radius 1 is 0.933 bits per heavy atom. The van der Waals surface area contributed by atoms with Crippen molar-refractivity contribution in [3.05, 3.63) is 93.3 Å². The van der Waals surface area contributed by atoms with E-state index in [1.54, 1.807) is 24.4 Å². The number of hydrogen-bond donors (Lipinski definition) is 1. The summed E-state index contributed by atoms with van der Waals surface area (Å²) in [4.78, 5) is 2.51. The van der Waals surface area contributed by atoms with Crippen molar-refractivity contribution in [3.8, 4) is 5.69 Å². The zero-order valence-electron chi connectivity index (χ0n) is 16.5. The standard InChI is InChI=1S/C23H20IN3O2S/c1-16-13-20(17(2)27(16)22-10-8-21(24)9-11-22)15-25-26-30(28,29)23-12-7-18-5-3-4-6-19(18)14-23/h3-15,26H,1-2H3/b25-15-. The van der Waals surface area contributed by atoms with Crippen LogP contribution in [-0.4, -0.2) is 19.2 Å². The minimum atomic E-state index is -3.75. The van der Waals surface area contributed by atoms with Crippen LogP contribution in [-0.2, 0) is 10.0 Å². The van der Waals surface area contributed by atoms with E-state index in [1.165, 1.54) is 3.57 Å². The maximum atomic E-state index is 12.6. The molecular formula is C23H20IN3O2S. The molecule has 0 spiro atoms. The number of benzene rings is 3. The summed E-state index contributed by atoms with van der Waals surface area (Å²) >= 11 is 2.28. The second-order valence-electron chi connectivity index (χ2n) is 7.00. The molecule has 7 heteroatoms. The maximum Gasteiger partial charge on any atom is 0.276 e. The van der Waals surface area contributed by atoms with Crippen LogP contribution in [0.2, 0.25) is 0 Å². The number of nitrogens with one attached hydrogen (secondary N) is 1. The highest BCUT2D eigenvalue weighted by Crippen LogP contribution is 2.21. The van der Waals surface area contributed by atoms with Crippen LogP contribution >= 0.6 is 22.6 Å². The van der Waals surface area contributed by atoms with Crippen molar-refractivity contribution in [1.29, 1.82) is 0 Å². The van der Waals surface area contributed by atoms with Crippen molar-refractivity contribution in [2.45, 2.75) is 18.7 Å². The number of hydrazone groups is 1. The molecule has 0 saturated heterocycles. The summed E-state index contributed by atoms with van der Waals surface area (Å²) in [6.07, 6.45) is 1.55. The van der Waals surface area contributed by atoms with Gasteiger partial charge in [0.05, 0.1) is 11.1 Å². The van der Waals surface area contributed by atoms with Gasteiger partial charge < -0.3 is 4.57 Å². The molecule has 0 aliphatic carbocycles. The van der Waals surface area contributed by atoms with Crippen LogP contribution in [0.1, 0.15) is 17.0 Å². The van der Waals surface area contributed by atoms with E-state index in [4.69, 9.17) is 0 Å². The Morgan fingerprint density at radius 3 is 2.37 bits per heavy atom. The first kappa shape index (κ1) is 20.6. The lowest BCUT2D eigenvalue weighted by atomic mass is 10.1. The molecule has 0 atom stereocenters. The van der Waals surface area contributed by atoms with Crippen molar-refractivity contribution >= 4 is 49.6 Å². The minimum absolute atomic E-state index is 0.183. The molecule has 0 aliphatic rings. The number of hydrogen-bond acceptors (Lipinski definition) is 3. The molecule has 30 heavy (non-hydrogen) atoms. The Hall–Kier alpha value is -2.65. The number of fused-ring (bicyclic) bond motifs is 1. The van der Waals surface area contributed by atoms with E-state index in [-0.39, 0.29) is 4.90 Å². The van der Waals surface area contributed by atoms with Gasteiger partial charge in [-0.3, -0.25) is 0 Å². The minimum Gasteiger partial charge on any atom is -0.318 e. The lowest BCUT2D eigenvalue weighted by Gasteiger charge is -2.09. The van der Waals surface area contributed by atoms with Gasteiger partial charge in [0.15, 0.2) is 0 Å². The van der Waals surface area contributed by atoms with Crippen LogP contribution in [0.5, 0.6) is 0 Å². The topological polar surface area (TPSA) is 63.5 Å². The summed E-state index contributed by atoms with van der Waals surface area (Å²) in [7, 11) is -3.75. The summed E-state index contributed by atoms with van der Waals surface area (Å²) in [5.41, 5.74) is 3.95. The summed E-state index contributed by atoms with van der Waals surface area (Å²) in [5.74, 6) is 0. The molecular weight excluding hydrogens is 509 g/mol. The molecule has 0 fully saturated rings. The third-order valence-corrected chi connectivity index (χ3v) is 6.90. The molecule has 0 radical (unpaired) electrons. The molecule has 0 bridgehead atoms. The fraction of sp³-hybridized carbons (Fsp3) is 0.0870. The first-order chi connectivity index (χ1) is 14.3. The third kappa shape index (κ3) is 4.13. The molecule has 0 saturated carbocycles. The van der Waals surface area contributed by atoms with E-state index in [1.807, 2.05) is 44.2 Å². The number of nitrogens with zero attached hydrogens (tertiary/aromatic N) is 2. The van der Waals surface area contributed by atoms with Gasteiger partial charge in [-0.2, -0.15) is 13.5 Å². The van der Waals surface area contributed by atoms with Crippen LogP contribution in [0.15, 0.2) is 82.8 Å². The van der Waals surface area contributed by atoms with E-state index in [0.29, 0.717) is 0 Å². The molecule has 4 aromatic rings. The van der Waals surface area contributed by atoms with Crippen molar-refractivity contribution in [1.82, 2.24) is 9.40 Å². The molecule has 5 nitrogen and oxygen atoms in total. The molecule has 152 valence electrons. The Bertz CT molecular complexity index is 1360. The fourth-order valence-corrected chi connectivity index (χ4v) is 4.64. The second-order valence-corrected chi connectivity index (χ2v) is 9.91.